The molecule has 0 spiro atoms. The Bertz CT molecular complexity index is 627. The molecular formula is C17H19N3O2. The van der Waals surface area contributed by atoms with Crippen molar-refractivity contribution in [1.82, 2.24) is 5.43 Å². The van der Waals surface area contributed by atoms with Gasteiger partial charge in [0.05, 0.1) is 6.21 Å². The van der Waals surface area contributed by atoms with Gasteiger partial charge < -0.3 is 10.4 Å². The third-order valence-electron chi connectivity index (χ3n) is 3.01. The summed E-state index contributed by atoms with van der Waals surface area (Å²) >= 11 is 0. The second kappa shape index (κ2) is 8.46. The van der Waals surface area contributed by atoms with Crippen LogP contribution in [-0.4, -0.2) is 23.8 Å². The summed E-state index contributed by atoms with van der Waals surface area (Å²) in [7, 11) is 0. The maximum Gasteiger partial charge on any atom is 0.240 e. The highest BCUT2D eigenvalue weighted by Gasteiger charge is 2.00. The van der Waals surface area contributed by atoms with Gasteiger partial charge in [-0.05, 0) is 30.7 Å². The van der Waals surface area contributed by atoms with E-state index in [1.54, 1.807) is 24.3 Å². The predicted molar refractivity (Wildman–Crippen MR) is 88.0 cm³/mol. The van der Waals surface area contributed by atoms with Gasteiger partial charge in [-0.15, -0.1) is 0 Å². The lowest BCUT2D eigenvalue weighted by molar-refractivity contribution is -0.121. The van der Waals surface area contributed by atoms with Gasteiger partial charge >= 0.3 is 0 Å². The first-order valence-electron chi connectivity index (χ1n) is 7.14. The van der Waals surface area contributed by atoms with Crippen molar-refractivity contribution in [2.75, 3.05) is 11.9 Å². The molecule has 1 amide bonds. The monoisotopic (exact) mass is 297 g/mol. The van der Waals surface area contributed by atoms with Crippen LogP contribution in [0.3, 0.4) is 0 Å². The molecule has 2 rings (SSSR count). The second-order valence-electron chi connectivity index (χ2n) is 4.75. The van der Waals surface area contributed by atoms with Crippen LogP contribution < -0.4 is 10.7 Å². The first-order valence-corrected chi connectivity index (χ1v) is 7.14. The molecule has 5 heteroatoms. The molecule has 0 aromatic heterocycles. The lowest BCUT2D eigenvalue weighted by Gasteiger charge is -2.05. The Kier molecular flexibility index (Phi) is 5.99. The van der Waals surface area contributed by atoms with Gasteiger partial charge in [0.2, 0.25) is 5.91 Å². The van der Waals surface area contributed by atoms with Crippen LogP contribution in [-0.2, 0) is 4.79 Å². The minimum absolute atomic E-state index is 0.132. The fourth-order valence-corrected chi connectivity index (χ4v) is 1.86. The summed E-state index contributed by atoms with van der Waals surface area (Å²) in [6, 6.07) is 16.6. The average molecular weight is 297 g/mol. The van der Waals surface area contributed by atoms with E-state index in [1.807, 2.05) is 30.3 Å². The number of rotatable bonds is 7. The molecule has 2 aromatic carbocycles. The van der Waals surface area contributed by atoms with E-state index in [0.717, 1.165) is 12.2 Å². The Morgan fingerprint density at radius 3 is 2.59 bits per heavy atom. The van der Waals surface area contributed by atoms with E-state index in [4.69, 9.17) is 0 Å². The average Bonchev–Trinajstić information content (AvgIpc) is 2.54. The number of hydrazone groups is 1. The largest absolute Gasteiger partial charge is 0.507 e. The third-order valence-corrected chi connectivity index (χ3v) is 3.01. The molecule has 0 aliphatic carbocycles. The van der Waals surface area contributed by atoms with Crippen molar-refractivity contribution in [3.8, 4) is 5.75 Å². The van der Waals surface area contributed by atoms with E-state index < -0.39 is 0 Å². The van der Waals surface area contributed by atoms with Crippen LogP contribution in [0.15, 0.2) is 59.7 Å². The molecular weight excluding hydrogens is 278 g/mol. The zero-order chi connectivity index (χ0) is 15.6. The van der Waals surface area contributed by atoms with Crippen LogP contribution in [0.1, 0.15) is 18.4 Å². The van der Waals surface area contributed by atoms with E-state index in [2.05, 4.69) is 15.8 Å². The van der Waals surface area contributed by atoms with Gasteiger partial charge in [-0.25, -0.2) is 5.43 Å². The number of nitrogens with zero attached hydrogens (tertiary/aromatic N) is 1. The number of phenols is 1. The molecule has 2 aromatic rings. The fraction of sp³-hybridized carbons (Fsp3) is 0.176. The predicted octanol–water partition coefficient (Wildman–Crippen LogP) is 2.73. The van der Waals surface area contributed by atoms with E-state index in [0.29, 0.717) is 18.4 Å². The molecule has 0 fully saturated rings. The molecule has 0 aliphatic rings. The van der Waals surface area contributed by atoms with E-state index in [9.17, 15) is 9.90 Å². The van der Waals surface area contributed by atoms with Crippen LogP contribution >= 0.6 is 0 Å². The van der Waals surface area contributed by atoms with Crippen molar-refractivity contribution in [2.24, 2.45) is 5.10 Å². The van der Waals surface area contributed by atoms with E-state index >= 15 is 0 Å². The summed E-state index contributed by atoms with van der Waals surface area (Å²) in [4.78, 5) is 11.6. The maximum atomic E-state index is 11.6. The summed E-state index contributed by atoms with van der Waals surface area (Å²) in [5.74, 6) is -0.0194. The topological polar surface area (TPSA) is 73.7 Å². The minimum atomic E-state index is -0.151. The number of nitrogens with one attached hydrogen (secondary N) is 2. The number of aromatic hydroxyl groups is 1. The summed E-state index contributed by atoms with van der Waals surface area (Å²) < 4.78 is 0. The Hall–Kier alpha value is -2.82. The molecule has 0 heterocycles. The van der Waals surface area contributed by atoms with Crippen LogP contribution in [0.5, 0.6) is 5.75 Å². The van der Waals surface area contributed by atoms with Crippen LogP contribution in [0.4, 0.5) is 5.69 Å². The molecule has 0 aliphatic heterocycles. The van der Waals surface area contributed by atoms with Crippen LogP contribution in [0.25, 0.3) is 0 Å². The van der Waals surface area contributed by atoms with Crippen molar-refractivity contribution >= 4 is 17.8 Å². The highest BCUT2D eigenvalue weighted by molar-refractivity contribution is 5.84. The fourth-order valence-electron chi connectivity index (χ4n) is 1.86. The van der Waals surface area contributed by atoms with Gasteiger partial charge in [0.1, 0.15) is 5.75 Å². The normalized spacial score (nSPS) is 10.5. The number of carbonyl (C=O) groups excluding carboxylic acids is 1. The number of para-hydroxylation sites is 2. The molecule has 0 atom stereocenters. The van der Waals surface area contributed by atoms with Crippen molar-refractivity contribution in [3.63, 3.8) is 0 Å². The standard InChI is InChI=1S/C17H19N3O2/c21-16-10-5-4-7-14(16)13-19-20-17(22)11-6-12-18-15-8-2-1-3-9-15/h1-5,7-10,13,18,21H,6,11-12H2,(H,20,22). The zero-order valence-corrected chi connectivity index (χ0v) is 12.2. The summed E-state index contributed by atoms with van der Waals surface area (Å²) in [5.41, 5.74) is 4.05. The second-order valence-corrected chi connectivity index (χ2v) is 4.75. The van der Waals surface area contributed by atoms with Crippen molar-refractivity contribution in [3.05, 3.63) is 60.2 Å². The van der Waals surface area contributed by atoms with Gasteiger partial charge in [0, 0.05) is 24.2 Å². The Morgan fingerprint density at radius 2 is 1.82 bits per heavy atom. The van der Waals surface area contributed by atoms with E-state index in [-0.39, 0.29) is 11.7 Å². The minimum Gasteiger partial charge on any atom is -0.507 e. The van der Waals surface area contributed by atoms with Gasteiger partial charge in [-0.1, -0.05) is 30.3 Å². The number of anilines is 1. The molecule has 0 saturated heterocycles. The Labute approximate surface area is 129 Å². The smallest absolute Gasteiger partial charge is 0.240 e. The number of amides is 1. The third kappa shape index (κ3) is 5.28. The number of benzene rings is 2. The number of carbonyl (C=O) groups is 1. The van der Waals surface area contributed by atoms with Crippen molar-refractivity contribution < 1.29 is 9.90 Å². The first kappa shape index (κ1) is 15.6. The summed E-state index contributed by atoms with van der Waals surface area (Å²) in [6.07, 6.45) is 2.53. The van der Waals surface area contributed by atoms with Crippen molar-refractivity contribution in [1.29, 1.82) is 0 Å². The molecule has 114 valence electrons. The Morgan fingerprint density at radius 1 is 1.09 bits per heavy atom. The van der Waals surface area contributed by atoms with E-state index in [1.165, 1.54) is 6.21 Å². The zero-order valence-electron chi connectivity index (χ0n) is 12.2. The number of hydrogen-bond donors (Lipinski definition) is 3. The maximum absolute atomic E-state index is 11.6. The molecule has 0 radical (unpaired) electrons. The quantitative estimate of drug-likeness (QED) is 0.418. The first-order chi connectivity index (χ1) is 10.8. The summed E-state index contributed by atoms with van der Waals surface area (Å²) in [5, 5.41) is 16.6. The molecule has 0 unspecified atom stereocenters. The molecule has 22 heavy (non-hydrogen) atoms. The van der Waals surface area contributed by atoms with Gasteiger partial charge in [-0.2, -0.15) is 5.10 Å². The summed E-state index contributed by atoms with van der Waals surface area (Å²) in [6.45, 7) is 0.723. The van der Waals surface area contributed by atoms with Crippen LogP contribution in [0, 0.1) is 0 Å². The van der Waals surface area contributed by atoms with Crippen molar-refractivity contribution in [2.45, 2.75) is 12.8 Å². The number of hydrogen-bond acceptors (Lipinski definition) is 4. The molecule has 0 saturated carbocycles. The van der Waals surface area contributed by atoms with Crippen LogP contribution in [0.2, 0.25) is 0 Å². The van der Waals surface area contributed by atoms with Gasteiger partial charge in [0.15, 0.2) is 0 Å². The molecule has 5 nitrogen and oxygen atoms in total. The number of phenolic OH excluding ortho intramolecular Hbond substituents is 1. The highest BCUT2D eigenvalue weighted by atomic mass is 16.3. The molecule has 0 bridgehead atoms. The Balaban J connectivity index is 1.65. The SMILES string of the molecule is O=C(CCCNc1ccccc1)NN=Cc1ccccc1O. The molecule has 3 N–H and O–H groups in total. The lowest BCUT2D eigenvalue weighted by atomic mass is 10.2. The van der Waals surface area contributed by atoms with Gasteiger partial charge in [0.25, 0.3) is 0 Å². The van der Waals surface area contributed by atoms with Gasteiger partial charge in [-0.3, -0.25) is 4.79 Å². The lowest BCUT2D eigenvalue weighted by Crippen LogP contribution is -2.18. The highest BCUT2D eigenvalue weighted by Crippen LogP contribution is 2.12.